The fraction of sp³-hybridized carbons (Fsp3) is 0.500. The summed E-state index contributed by atoms with van der Waals surface area (Å²) in [6.07, 6.45) is 0. The van der Waals surface area contributed by atoms with Gasteiger partial charge in [-0.2, -0.15) is 9.57 Å². The van der Waals surface area contributed by atoms with E-state index in [2.05, 4.69) is 0 Å². The molecule has 0 fully saturated rings. The van der Waals surface area contributed by atoms with E-state index in [1.54, 1.807) is 6.07 Å². The minimum absolute atomic E-state index is 0.138. The van der Waals surface area contributed by atoms with Crippen LogP contribution >= 0.6 is 11.3 Å². The molecular formula is C10H14N2O2S2. The Balaban J connectivity index is 2.89. The van der Waals surface area contributed by atoms with Gasteiger partial charge in [-0.1, -0.05) is 6.07 Å². The molecule has 1 aromatic heterocycles. The first-order chi connectivity index (χ1) is 7.47. The lowest BCUT2D eigenvalue weighted by atomic mass is 10.4. The van der Waals surface area contributed by atoms with Crippen molar-refractivity contribution in [2.75, 3.05) is 5.75 Å². The molecule has 0 aromatic carbocycles. The topological polar surface area (TPSA) is 61.2 Å². The number of rotatable bonds is 5. The summed E-state index contributed by atoms with van der Waals surface area (Å²) < 4.78 is 25.0. The van der Waals surface area contributed by atoms with Crippen molar-refractivity contribution in [2.45, 2.75) is 26.4 Å². The highest BCUT2D eigenvalue weighted by molar-refractivity contribution is 7.89. The van der Waals surface area contributed by atoms with Crippen molar-refractivity contribution in [3.63, 3.8) is 0 Å². The number of hydrogen-bond donors (Lipinski definition) is 0. The predicted octanol–water partition coefficient (Wildman–Crippen LogP) is 1.81. The lowest BCUT2D eigenvalue weighted by Gasteiger charge is -2.24. The summed E-state index contributed by atoms with van der Waals surface area (Å²) in [4.78, 5) is 0.982. The van der Waals surface area contributed by atoms with Crippen LogP contribution in [0.5, 0.6) is 0 Å². The second-order valence-electron chi connectivity index (χ2n) is 3.63. The summed E-state index contributed by atoms with van der Waals surface area (Å²) in [5, 5.41) is 10.4. The second kappa shape index (κ2) is 5.43. The lowest BCUT2D eigenvalue weighted by Crippen LogP contribution is -2.37. The Labute approximate surface area is 100 Å². The van der Waals surface area contributed by atoms with Gasteiger partial charge in [0, 0.05) is 17.5 Å². The van der Waals surface area contributed by atoms with E-state index in [1.165, 1.54) is 15.6 Å². The molecule has 0 amide bonds. The Hall–Kier alpha value is -0.900. The smallest absolute Gasteiger partial charge is 0.211 e. The van der Waals surface area contributed by atoms with E-state index in [-0.39, 0.29) is 6.04 Å². The van der Waals surface area contributed by atoms with Crippen molar-refractivity contribution < 1.29 is 8.42 Å². The van der Waals surface area contributed by atoms with Gasteiger partial charge in [0.25, 0.3) is 0 Å². The third-order valence-corrected chi connectivity index (χ3v) is 4.69. The van der Waals surface area contributed by atoms with E-state index >= 15 is 0 Å². The normalized spacial score (nSPS) is 11.9. The van der Waals surface area contributed by atoms with E-state index < -0.39 is 15.8 Å². The fourth-order valence-corrected chi connectivity index (χ4v) is 3.41. The van der Waals surface area contributed by atoms with E-state index in [1.807, 2.05) is 31.4 Å². The van der Waals surface area contributed by atoms with E-state index in [4.69, 9.17) is 5.26 Å². The molecule has 0 aliphatic carbocycles. The zero-order valence-corrected chi connectivity index (χ0v) is 10.9. The van der Waals surface area contributed by atoms with Gasteiger partial charge < -0.3 is 0 Å². The van der Waals surface area contributed by atoms with Gasteiger partial charge in [-0.05, 0) is 25.3 Å². The van der Waals surface area contributed by atoms with Crippen LogP contribution in [0.2, 0.25) is 0 Å². The third kappa shape index (κ3) is 3.30. The first-order valence-electron chi connectivity index (χ1n) is 4.86. The van der Waals surface area contributed by atoms with E-state index in [9.17, 15) is 8.42 Å². The van der Waals surface area contributed by atoms with Crippen molar-refractivity contribution in [3.8, 4) is 6.07 Å². The zero-order valence-electron chi connectivity index (χ0n) is 9.25. The summed E-state index contributed by atoms with van der Waals surface area (Å²) in [7, 11) is -3.47. The second-order valence-corrected chi connectivity index (χ2v) is 6.59. The lowest BCUT2D eigenvalue weighted by molar-refractivity contribution is 0.352. The van der Waals surface area contributed by atoms with Gasteiger partial charge in [-0.3, -0.25) is 0 Å². The SMILES string of the molecule is CC(C)N(Cc1cccs1)S(=O)(=O)CC#N. The number of nitrogens with zero attached hydrogens (tertiary/aromatic N) is 2. The monoisotopic (exact) mass is 258 g/mol. The maximum Gasteiger partial charge on any atom is 0.228 e. The molecule has 0 unspecified atom stereocenters. The molecule has 0 saturated carbocycles. The van der Waals surface area contributed by atoms with Crippen LogP contribution in [0.15, 0.2) is 17.5 Å². The average molecular weight is 258 g/mol. The molecule has 0 saturated heterocycles. The van der Waals surface area contributed by atoms with Crippen LogP contribution in [0.4, 0.5) is 0 Å². The Bertz CT molecular complexity index is 458. The molecule has 1 rings (SSSR count). The summed E-state index contributed by atoms with van der Waals surface area (Å²) in [6, 6.07) is 5.33. The molecule has 0 N–H and O–H groups in total. The van der Waals surface area contributed by atoms with Gasteiger partial charge in [-0.25, -0.2) is 8.42 Å². The fourth-order valence-electron chi connectivity index (χ4n) is 1.32. The largest absolute Gasteiger partial charge is 0.228 e. The quantitative estimate of drug-likeness (QED) is 0.809. The van der Waals surface area contributed by atoms with Crippen molar-refractivity contribution in [2.24, 2.45) is 0 Å². The maximum atomic E-state index is 11.8. The molecule has 1 aromatic rings. The van der Waals surface area contributed by atoms with Crippen LogP contribution < -0.4 is 0 Å². The third-order valence-electron chi connectivity index (χ3n) is 2.07. The summed E-state index contributed by atoms with van der Waals surface area (Å²) in [5.74, 6) is -0.462. The van der Waals surface area contributed by atoms with Crippen molar-refractivity contribution in [1.29, 1.82) is 5.26 Å². The molecule has 0 aliphatic heterocycles. The van der Waals surface area contributed by atoms with E-state index in [0.717, 1.165) is 4.88 Å². The van der Waals surface area contributed by atoms with Gasteiger partial charge in [0.15, 0.2) is 5.75 Å². The minimum atomic E-state index is -3.47. The van der Waals surface area contributed by atoms with Crippen molar-refractivity contribution >= 4 is 21.4 Å². The first kappa shape index (κ1) is 13.2. The molecular weight excluding hydrogens is 244 g/mol. The highest BCUT2D eigenvalue weighted by Gasteiger charge is 2.24. The first-order valence-corrected chi connectivity index (χ1v) is 7.35. The Morgan fingerprint density at radius 2 is 2.25 bits per heavy atom. The minimum Gasteiger partial charge on any atom is -0.211 e. The molecule has 6 heteroatoms. The molecule has 88 valence electrons. The van der Waals surface area contributed by atoms with Gasteiger partial charge in [0.1, 0.15) is 0 Å². The molecule has 0 radical (unpaired) electrons. The number of thiophene rings is 1. The number of hydrogen-bond acceptors (Lipinski definition) is 4. The van der Waals surface area contributed by atoms with E-state index in [0.29, 0.717) is 6.54 Å². The van der Waals surface area contributed by atoms with Crippen LogP contribution in [0.25, 0.3) is 0 Å². The average Bonchev–Trinajstić information content (AvgIpc) is 2.65. The Kier molecular flexibility index (Phi) is 4.47. The van der Waals surface area contributed by atoms with Crippen LogP contribution in [0, 0.1) is 11.3 Å². The molecule has 1 heterocycles. The summed E-state index contributed by atoms with van der Waals surface area (Å²) in [5.41, 5.74) is 0. The van der Waals surface area contributed by atoms with Gasteiger partial charge in [-0.15, -0.1) is 11.3 Å². The molecule has 0 spiro atoms. The molecule has 16 heavy (non-hydrogen) atoms. The zero-order chi connectivity index (χ0) is 12.2. The van der Waals surface area contributed by atoms with Crippen molar-refractivity contribution in [1.82, 2.24) is 4.31 Å². The summed E-state index contributed by atoms with van der Waals surface area (Å²) in [6.45, 7) is 3.96. The maximum absolute atomic E-state index is 11.8. The highest BCUT2D eigenvalue weighted by atomic mass is 32.2. The summed E-state index contributed by atoms with van der Waals surface area (Å²) >= 11 is 1.51. The highest BCUT2D eigenvalue weighted by Crippen LogP contribution is 2.17. The Morgan fingerprint density at radius 1 is 1.56 bits per heavy atom. The molecule has 4 nitrogen and oxygen atoms in total. The van der Waals surface area contributed by atoms with Crippen molar-refractivity contribution in [3.05, 3.63) is 22.4 Å². The number of sulfonamides is 1. The van der Waals surface area contributed by atoms with Crippen LogP contribution in [-0.2, 0) is 16.6 Å². The Morgan fingerprint density at radius 3 is 2.69 bits per heavy atom. The van der Waals surface area contributed by atoms with Gasteiger partial charge in [0.05, 0.1) is 6.07 Å². The molecule has 0 atom stereocenters. The standard InChI is InChI=1S/C10H14N2O2S2/c1-9(2)12(16(13,14)7-5-11)8-10-4-3-6-15-10/h3-4,6,9H,7-8H2,1-2H3. The van der Waals surface area contributed by atoms with Crippen LogP contribution in [0.3, 0.4) is 0 Å². The molecule has 0 aliphatic rings. The van der Waals surface area contributed by atoms with Crippen LogP contribution in [-0.4, -0.2) is 24.5 Å². The van der Waals surface area contributed by atoms with Crippen LogP contribution in [0.1, 0.15) is 18.7 Å². The number of nitriles is 1. The molecule has 0 bridgehead atoms. The predicted molar refractivity (Wildman–Crippen MR) is 64.4 cm³/mol. The van der Waals surface area contributed by atoms with Gasteiger partial charge >= 0.3 is 0 Å². The van der Waals surface area contributed by atoms with Gasteiger partial charge in [0.2, 0.25) is 10.0 Å².